The number of carboxylic acids is 1. The van der Waals surface area contributed by atoms with E-state index >= 15 is 0 Å². The van der Waals surface area contributed by atoms with Crippen molar-refractivity contribution >= 4 is 5.97 Å². The van der Waals surface area contributed by atoms with E-state index in [1.165, 1.54) is 0 Å². The molecule has 1 aliphatic rings. The second-order valence-electron chi connectivity index (χ2n) is 4.83. The fourth-order valence-electron chi connectivity index (χ4n) is 2.46. The van der Waals surface area contributed by atoms with Crippen LogP contribution in [0, 0.1) is 0 Å². The molecule has 0 unspecified atom stereocenters. The van der Waals surface area contributed by atoms with Crippen molar-refractivity contribution < 1.29 is 14.6 Å². The van der Waals surface area contributed by atoms with Crippen LogP contribution in [0.15, 0.2) is 36.5 Å². The molecular weight excluding hydrogens is 254 g/mol. The predicted molar refractivity (Wildman–Crippen MR) is 74.8 cm³/mol. The number of aromatic nitrogens is 1. The highest BCUT2D eigenvalue weighted by molar-refractivity contribution is 5.70. The third-order valence-electron chi connectivity index (χ3n) is 3.50. The van der Waals surface area contributed by atoms with Crippen molar-refractivity contribution in [2.24, 2.45) is 0 Å². The highest BCUT2D eigenvalue weighted by atomic mass is 16.5. The summed E-state index contributed by atoms with van der Waals surface area (Å²) in [4.78, 5) is 14.8. The fourth-order valence-corrected chi connectivity index (χ4v) is 2.46. The molecule has 0 spiro atoms. The number of carbonyl (C=O) groups is 1. The summed E-state index contributed by atoms with van der Waals surface area (Å²) in [6.07, 6.45) is 3.38. The minimum Gasteiger partial charge on any atom is -0.481 e. The first-order valence-corrected chi connectivity index (χ1v) is 6.66. The number of rotatable bonds is 4. The third kappa shape index (κ3) is 2.50. The molecule has 1 aromatic heterocycles. The minimum atomic E-state index is -0.766. The highest BCUT2D eigenvalue weighted by Gasteiger charge is 2.17. The lowest BCUT2D eigenvalue weighted by Crippen LogP contribution is -1.97. The average Bonchev–Trinajstić information content (AvgIpc) is 2.94. The molecule has 0 saturated heterocycles. The summed E-state index contributed by atoms with van der Waals surface area (Å²) >= 11 is 0. The van der Waals surface area contributed by atoms with Crippen LogP contribution < -0.4 is 4.74 Å². The summed E-state index contributed by atoms with van der Waals surface area (Å²) in [5.41, 5.74) is 4.47. The van der Waals surface area contributed by atoms with Crippen LogP contribution in [0.25, 0.3) is 11.1 Å². The largest absolute Gasteiger partial charge is 0.481 e. The molecule has 0 fully saturated rings. The number of hydrogen-bond donors (Lipinski definition) is 1. The molecule has 3 rings (SSSR count). The van der Waals surface area contributed by atoms with E-state index in [9.17, 15) is 4.79 Å². The SMILES string of the molecule is O=C(O)CCc1ccc(-c2ccnc3c2CCO3)cc1. The van der Waals surface area contributed by atoms with Crippen molar-refractivity contribution in [2.45, 2.75) is 19.3 Å². The van der Waals surface area contributed by atoms with Gasteiger partial charge in [0.25, 0.3) is 0 Å². The molecule has 2 aromatic rings. The van der Waals surface area contributed by atoms with E-state index < -0.39 is 5.97 Å². The first-order valence-electron chi connectivity index (χ1n) is 6.66. The molecule has 102 valence electrons. The third-order valence-corrected chi connectivity index (χ3v) is 3.50. The smallest absolute Gasteiger partial charge is 0.303 e. The van der Waals surface area contributed by atoms with Gasteiger partial charge in [0.15, 0.2) is 0 Å². The number of ether oxygens (including phenoxy) is 1. The lowest BCUT2D eigenvalue weighted by molar-refractivity contribution is -0.136. The van der Waals surface area contributed by atoms with E-state index in [0.717, 1.165) is 34.6 Å². The van der Waals surface area contributed by atoms with E-state index in [1.807, 2.05) is 30.3 Å². The Morgan fingerprint density at radius 1 is 1.25 bits per heavy atom. The van der Waals surface area contributed by atoms with Crippen molar-refractivity contribution in [1.82, 2.24) is 4.98 Å². The average molecular weight is 269 g/mol. The molecular formula is C16H15NO3. The molecule has 2 heterocycles. The number of aliphatic carboxylic acids is 1. The quantitative estimate of drug-likeness (QED) is 0.927. The number of fused-ring (bicyclic) bond motifs is 1. The zero-order valence-electron chi connectivity index (χ0n) is 11.0. The Hall–Kier alpha value is -2.36. The van der Waals surface area contributed by atoms with Crippen molar-refractivity contribution in [2.75, 3.05) is 6.61 Å². The zero-order chi connectivity index (χ0) is 13.9. The van der Waals surface area contributed by atoms with Crippen LogP contribution in [0.1, 0.15) is 17.5 Å². The van der Waals surface area contributed by atoms with Gasteiger partial charge in [-0.1, -0.05) is 24.3 Å². The van der Waals surface area contributed by atoms with Crippen LogP contribution >= 0.6 is 0 Å². The van der Waals surface area contributed by atoms with Crippen LogP contribution in [0.4, 0.5) is 0 Å². The molecule has 1 aromatic carbocycles. The van der Waals surface area contributed by atoms with Crippen molar-refractivity contribution in [1.29, 1.82) is 0 Å². The summed E-state index contributed by atoms with van der Waals surface area (Å²) in [5, 5.41) is 8.69. The highest BCUT2D eigenvalue weighted by Crippen LogP contribution is 2.32. The first kappa shape index (κ1) is 12.7. The Bertz CT molecular complexity index is 635. The normalized spacial score (nSPS) is 12.8. The molecule has 0 radical (unpaired) electrons. The topological polar surface area (TPSA) is 59.4 Å². The molecule has 0 saturated carbocycles. The molecule has 1 N–H and O–H groups in total. The van der Waals surface area contributed by atoms with Gasteiger partial charge < -0.3 is 9.84 Å². The molecule has 1 aliphatic heterocycles. The number of pyridine rings is 1. The van der Waals surface area contributed by atoms with Gasteiger partial charge in [0.05, 0.1) is 6.61 Å². The first-order chi connectivity index (χ1) is 9.74. The monoisotopic (exact) mass is 269 g/mol. The Labute approximate surface area is 117 Å². The van der Waals surface area contributed by atoms with Crippen LogP contribution in [0.2, 0.25) is 0 Å². The Kier molecular flexibility index (Phi) is 3.37. The zero-order valence-corrected chi connectivity index (χ0v) is 11.0. The van der Waals surface area contributed by atoms with Crippen molar-refractivity contribution in [3.8, 4) is 17.0 Å². The Morgan fingerprint density at radius 2 is 2.05 bits per heavy atom. The van der Waals surface area contributed by atoms with Gasteiger partial charge in [0.2, 0.25) is 5.88 Å². The summed E-state index contributed by atoms with van der Waals surface area (Å²) < 4.78 is 5.47. The number of nitrogens with zero attached hydrogens (tertiary/aromatic N) is 1. The van der Waals surface area contributed by atoms with E-state index in [0.29, 0.717) is 13.0 Å². The van der Waals surface area contributed by atoms with E-state index in [4.69, 9.17) is 9.84 Å². The summed E-state index contributed by atoms with van der Waals surface area (Å²) in [6.45, 7) is 0.691. The molecule has 4 heteroatoms. The summed E-state index contributed by atoms with van der Waals surface area (Å²) in [6, 6.07) is 10.0. The summed E-state index contributed by atoms with van der Waals surface area (Å²) in [7, 11) is 0. The number of hydrogen-bond acceptors (Lipinski definition) is 3. The maximum Gasteiger partial charge on any atom is 0.303 e. The second-order valence-corrected chi connectivity index (χ2v) is 4.83. The fraction of sp³-hybridized carbons (Fsp3) is 0.250. The van der Waals surface area contributed by atoms with Gasteiger partial charge in [-0.2, -0.15) is 0 Å². The van der Waals surface area contributed by atoms with E-state index in [1.54, 1.807) is 6.20 Å². The summed E-state index contributed by atoms with van der Waals surface area (Å²) in [5.74, 6) is -0.0318. The van der Waals surface area contributed by atoms with Gasteiger partial charge in [-0.3, -0.25) is 4.79 Å². The molecule has 0 atom stereocenters. The van der Waals surface area contributed by atoms with Gasteiger partial charge in [-0.15, -0.1) is 0 Å². The van der Waals surface area contributed by atoms with E-state index in [2.05, 4.69) is 4.98 Å². The van der Waals surface area contributed by atoms with Gasteiger partial charge in [-0.25, -0.2) is 4.98 Å². The van der Waals surface area contributed by atoms with Crippen LogP contribution in [0.5, 0.6) is 5.88 Å². The maximum atomic E-state index is 10.6. The van der Waals surface area contributed by atoms with Crippen molar-refractivity contribution in [3.63, 3.8) is 0 Å². The Morgan fingerprint density at radius 3 is 2.80 bits per heavy atom. The number of aryl methyl sites for hydroxylation is 1. The number of benzene rings is 1. The standard InChI is InChI=1S/C16H15NO3/c18-15(19)6-3-11-1-4-12(5-2-11)13-7-9-17-16-14(13)8-10-20-16/h1-2,4-5,7,9H,3,6,8,10H2,(H,18,19). The van der Waals surface area contributed by atoms with E-state index in [-0.39, 0.29) is 6.42 Å². The predicted octanol–water partition coefficient (Wildman–Crippen LogP) is 2.70. The maximum absolute atomic E-state index is 10.6. The second kappa shape index (κ2) is 5.33. The minimum absolute atomic E-state index is 0.165. The number of carboxylic acid groups (broad SMARTS) is 1. The molecule has 4 nitrogen and oxygen atoms in total. The van der Waals surface area contributed by atoms with Gasteiger partial charge in [0, 0.05) is 24.6 Å². The van der Waals surface area contributed by atoms with Crippen molar-refractivity contribution in [3.05, 3.63) is 47.7 Å². The van der Waals surface area contributed by atoms with Gasteiger partial charge >= 0.3 is 5.97 Å². The van der Waals surface area contributed by atoms with Crippen LogP contribution in [-0.4, -0.2) is 22.7 Å². The lowest BCUT2D eigenvalue weighted by atomic mass is 9.98. The van der Waals surface area contributed by atoms with Crippen LogP contribution in [0.3, 0.4) is 0 Å². The molecule has 20 heavy (non-hydrogen) atoms. The van der Waals surface area contributed by atoms with Crippen LogP contribution in [-0.2, 0) is 17.6 Å². The molecule has 0 bridgehead atoms. The van der Waals surface area contributed by atoms with Gasteiger partial charge in [-0.05, 0) is 29.2 Å². The molecule has 0 aliphatic carbocycles. The molecule has 0 amide bonds. The van der Waals surface area contributed by atoms with Gasteiger partial charge in [0.1, 0.15) is 0 Å². The Balaban J connectivity index is 1.85. The lowest BCUT2D eigenvalue weighted by Gasteiger charge is -2.07.